The lowest BCUT2D eigenvalue weighted by Crippen LogP contribution is -2.12. The number of benzene rings is 2. The Hall–Kier alpha value is -1.12. The number of halogens is 1. The summed E-state index contributed by atoms with van der Waals surface area (Å²) >= 11 is 3.47. The van der Waals surface area contributed by atoms with Gasteiger partial charge in [0.1, 0.15) is 0 Å². The van der Waals surface area contributed by atoms with E-state index < -0.39 is 0 Å². The fourth-order valence-corrected chi connectivity index (χ4v) is 2.04. The van der Waals surface area contributed by atoms with Crippen molar-refractivity contribution in [2.24, 2.45) is 0 Å². The first-order valence-electron chi connectivity index (χ1n) is 5.34. The van der Waals surface area contributed by atoms with Gasteiger partial charge in [-0.15, -0.1) is 0 Å². The van der Waals surface area contributed by atoms with Crippen molar-refractivity contribution in [1.29, 1.82) is 0 Å². The van der Waals surface area contributed by atoms with Crippen LogP contribution in [0.4, 0.5) is 0 Å². The summed E-state index contributed by atoms with van der Waals surface area (Å²) in [5, 5.41) is 3.42. The molecular weight excluding hydrogens is 262 g/mol. The standard InChI is InChI=1S/C14H14BrN/c15-14-8-4-7-13(9-14)11-16-10-12-5-2-1-3-6-12/h1-9,16H,10-11H2. The van der Waals surface area contributed by atoms with Crippen molar-refractivity contribution in [3.05, 3.63) is 70.2 Å². The second-order valence-electron chi connectivity index (χ2n) is 3.72. The van der Waals surface area contributed by atoms with Crippen LogP contribution < -0.4 is 5.32 Å². The van der Waals surface area contributed by atoms with Crippen molar-refractivity contribution < 1.29 is 0 Å². The van der Waals surface area contributed by atoms with Gasteiger partial charge in [-0.05, 0) is 23.3 Å². The molecule has 1 nitrogen and oxygen atoms in total. The molecule has 0 radical (unpaired) electrons. The van der Waals surface area contributed by atoms with Crippen LogP contribution in [0.15, 0.2) is 59.1 Å². The van der Waals surface area contributed by atoms with E-state index in [2.05, 4.69) is 63.7 Å². The number of hydrogen-bond donors (Lipinski definition) is 1. The summed E-state index contributed by atoms with van der Waals surface area (Å²) < 4.78 is 1.13. The zero-order valence-corrected chi connectivity index (χ0v) is 10.6. The maximum atomic E-state index is 3.47. The van der Waals surface area contributed by atoms with E-state index in [-0.39, 0.29) is 0 Å². The molecule has 0 fully saturated rings. The van der Waals surface area contributed by atoms with Gasteiger partial charge in [0, 0.05) is 17.6 Å². The number of hydrogen-bond acceptors (Lipinski definition) is 1. The van der Waals surface area contributed by atoms with Crippen LogP contribution >= 0.6 is 15.9 Å². The van der Waals surface area contributed by atoms with Crippen molar-refractivity contribution in [1.82, 2.24) is 5.32 Å². The van der Waals surface area contributed by atoms with E-state index in [1.807, 2.05) is 12.1 Å². The van der Waals surface area contributed by atoms with Crippen LogP contribution in [-0.2, 0) is 13.1 Å². The zero-order valence-electron chi connectivity index (χ0n) is 8.99. The molecule has 2 heteroatoms. The van der Waals surface area contributed by atoms with Gasteiger partial charge in [0.05, 0.1) is 0 Å². The summed E-state index contributed by atoms with van der Waals surface area (Å²) in [5.74, 6) is 0. The zero-order chi connectivity index (χ0) is 11.2. The van der Waals surface area contributed by atoms with E-state index in [0.717, 1.165) is 17.6 Å². The predicted octanol–water partition coefficient (Wildman–Crippen LogP) is 3.74. The quantitative estimate of drug-likeness (QED) is 0.897. The molecule has 82 valence electrons. The summed E-state index contributed by atoms with van der Waals surface area (Å²) in [6.07, 6.45) is 0. The van der Waals surface area contributed by atoms with Crippen molar-refractivity contribution in [3.63, 3.8) is 0 Å². The molecule has 0 aliphatic heterocycles. The fourth-order valence-electron chi connectivity index (χ4n) is 1.59. The summed E-state index contributed by atoms with van der Waals surface area (Å²) in [4.78, 5) is 0. The van der Waals surface area contributed by atoms with E-state index in [0.29, 0.717) is 0 Å². The summed E-state index contributed by atoms with van der Waals surface area (Å²) in [7, 11) is 0. The molecule has 0 heterocycles. The molecule has 0 aliphatic rings. The fraction of sp³-hybridized carbons (Fsp3) is 0.143. The Morgan fingerprint density at radius 2 is 1.50 bits per heavy atom. The highest BCUT2D eigenvalue weighted by Crippen LogP contribution is 2.11. The van der Waals surface area contributed by atoms with Gasteiger partial charge in [0.2, 0.25) is 0 Å². The molecule has 0 spiro atoms. The topological polar surface area (TPSA) is 12.0 Å². The van der Waals surface area contributed by atoms with Gasteiger partial charge in [0.15, 0.2) is 0 Å². The highest BCUT2D eigenvalue weighted by Gasteiger charge is 1.94. The first-order valence-corrected chi connectivity index (χ1v) is 6.13. The van der Waals surface area contributed by atoms with Crippen LogP contribution in [0, 0.1) is 0 Å². The van der Waals surface area contributed by atoms with E-state index in [1.54, 1.807) is 0 Å². The minimum Gasteiger partial charge on any atom is -0.309 e. The van der Waals surface area contributed by atoms with Crippen molar-refractivity contribution >= 4 is 15.9 Å². The average molecular weight is 276 g/mol. The predicted molar refractivity (Wildman–Crippen MR) is 71.1 cm³/mol. The molecule has 0 atom stereocenters. The van der Waals surface area contributed by atoms with Crippen LogP contribution in [-0.4, -0.2) is 0 Å². The van der Waals surface area contributed by atoms with E-state index >= 15 is 0 Å². The number of nitrogens with one attached hydrogen (secondary N) is 1. The van der Waals surface area contributed by atoms with Crippen LogP contribution in [0.5, 0.6) is 0 Å². The second-order valence-corrected chi connectivity index (χ2v) is 4.63. The smallest absolute Gasteiger partial charge is 0.0209 e. The SMILES string of the molecule is Brc1cccc(CNCc2ccccc2)c1. The molecule has 0 saturated carbocycles. The highest BCUT2D eigenvalue weighted by molar-refractivity contribution is 9.10. The average Bonchev–Trinajstić information content (AvgIpc) is 2.30. The first kappa shape index (κ1) is 11.4. The molecule has 1 N–H and O–H groups in total. The molecule has 0 amide bonds. The maximum Gasteiger partial charge on any atom is 0.0209 e. The van der Waals surface area contributed by atoms with Crippen molar-refractivity contribution in [2.75, 3.05) is 0 Å². The Labute approximate surface area is 105 Å². The lowest BCUT2D eigenvalue weighted by atomic mass is 10.2. The normalized spacial score (nSPS) is 10.3. The van der Waals surface area contributed by atoms with Crippen molar-refractivity contribution in [2.45, 2.75) is 13.1 Å². The minimum absolute atomic E-state index is 0.897. The van der Waals surface area contributed by atoms with Crippen molar-refractivity contribution in [3.8, 4) is 0 Å². The van der Waals surface area contributed by atoms with Crippen LogP contribution in [0.3, 0.4) is 0 Å². The van der Waals surface area contributed by atoms with Gasteiger partial charge in [-0.2, -0.15) is 0 Å². The maximum absolute atomic E-state index is 3.47. The third kappa shape index (κ3) is 3.47. The van der Waals surface area contributed by atoms with Crippen LogP contribution in [0.2, 0.25) is 0 Å². The van der Waals surface area contributed by atoms with E-state index in [9.17, 15) is 0 Å². The van der Waals surface area contributed by atoms with Gasteiger partial charge in [-0.1, -0.05) is 58.4 Å². The van der Waals surface area contributed by atoms with Gasteiger partial charge in [0.25, 0.3) is 0 Å². The van der Waals surface area contributed by atoms with E-state index in [1.165, 1.54) is 11.1 Å². The Bertz CT molecular complexity index is 439. The monoisotopic (exact) mass is 275 g/mol. The third-order valence-corrected chi connectivity index (χ3v) is 2.88. The molecule has 2 rings (SSSR count). The largest absolute Gasteiger partial charge is 0.309 e. The van der Waals surface area contributed by atoms with Crippen LogP contribution in [0.1, 0.15) is 11.1 Å². The molecule has 0 aromatic heterocycles. The molecule has 0 saturated heterocycles. The molecular formula is C14H14BrN. The number of rotatable bonds is 4. The molecule has 0 unspecified atom stereocenters. The summed E-state index contributed by atoms with van der Waals surface area (Å²) in [6, 6.07) is 18.8. The van der Waals surface area contributed by atoms with Gasteiger partial charge >= 0.3 is 0 Å². The molecule has 2 aromatic carbocycles. The molecule has 0 aliphatic carbocycles. The second kappa shape index (κ2) is 5.83. The van der Waals surface area contributed by atoms with Crippen LogP contribution in [0.25, 0.3) is 0 Å². The summed E-state index contributed by atoms with van der Waals surface area (Å²) in [6.45, 7) is 1.81. The molecule has 16 heavy (non-hydrogen) atoms. The van der Waals surface area contributed by atoms with Gasteiger partial charge in [-0.25, -0.2) is 0 Å². The summed E-state index contributed by atoms with van der Waals surface area (Å²) in [5.41, 5.74) is 2.61. The Balaban J connectivity index is 1.85. The minimum atomic E-state index is 0.897. The Morgan fingerprint density at radius 1 is 0.812 bits per heavy atom. The molecule has 0 bridgehead atoms. The Kier molecular flexibility index (Phi) is 4.14. The van der Waals surface area contributed by atoms with Gasteiger partial charge in [-0.3, -0.25) is 0 Å². The lowest BCUT2D eigenvalue weighted by molar-refractivity contribution is 0.693. The first-order chi connectivity index (χ1) is 7.84. The lowest BCUT2D eigenvalue weighted by Gasteiger charge is -2.05. The van der Waals surface area contributed by atoms with E-state index in [4.69, 9.17) is 0 Å². The molecule has 2 aromatic rings. The highest BCUT2D eigenvalue weighted by atomic mass is 79.9. The third-order valence-electron chi connectivity index (χ3n) is 2.39. The van der Waals surface area contributed by atoms with Gasteiger partial charge < -0.3 is 5.32 Å². The Morgan fingerprint density at radius 3 is 2.25 bits per heavy atom.